The summed E-state index contributed by atoms with van der Waals surface area (Å²) in [4.78, 5) is 9.59. The highest BCUT2D eigenvalue weighted by molar-refractivity contribution is 7.99. The number of nitrogens with zero attached hydrogens (tertiary/aromatic N) is 3. The fourth-order valence-corrected chi connectivity index (χ4v) is 5.00. The molecule has 4 nitrogen and oxygen atoms in total. The number of hydrogen-bond acceptors (Lipinski definition) is 4. The van der Waals surface area contributed by atoms with Crippen LogP contribution in [0.4, 0.5) is 0 Å². The first kappa shape index (κ1) is 14.5. The Kier molecular flexibility index (Phi) is 4.35. The molecule has 0 saturated carbocycles. The molecule has 2 aliphatic heterocycles. The van der Waals surface area contributed by atoms with Crippen LogP contribution in [0.3, 0.4) is 0 Å². The zero-order chi connectivity index (χ0) is 14.8. The molecule has 2 saturated heterocycles. The van der Waals surface area contributed by atoms with Crippen molar-refractivity contribution >= 4 is 22.9 Å². The molecule has 2 aliphatic rings. The highest BCUT2D eigenvalue weighted by atomic mass is 32.2. The van der Waals surface area contributed by atoms with E-state index in [1.165, 1.54) is 50.2 Å². The number of aromatic nitrogens is 3. The molecule has 118 valence electrons. The van der Waals surface area contributed by atoms with E-state index in [9.17, 15) is 0 Å². The second kappa shape index (κ2) is 6.59. The Bertz CT molecular complexity index is 627. The molecular formula is C17H24N4S. The minimum atomic E-state index is 0.555. The van der Waals surface area contributed by atoms with E-state index in [-0.39, 0.29) is 0 Å². The fourth-order valence-electron chi connectivity index (χ4n) is 3.68. The Morgan fingerprint density at radius 3 is 3.09 bits per heavy atom. The summed E-state index contributed by atoms with van der Waals surface area (Å²) in [6.45, 7) is 3.36. The number of piperidine rings is 1. The van der Waals surface area contributed by atoms with Crippen molar-refractivity contribution in [1.29, 1.82) is 0 Å². The number of hydrogen-bond donors (Lipinski definition) is 1. The summed E-state index contributed by atoms with van der Waals surface area (Å²) >= 11 is 2.08. The lowest BCUT2D eigenvalue weighted by Gasteiger charge is -2.26. The number of thioether (sulfide) groups is 1. The molecule has 1 N–H and O–H groups in total. The molecule has 5 heteroatoms. The standard InChI is InChI=1S/C17H24N4S/c1-2-10-22-15(7-1)17-20-14-6-4-9-19-16(14)21(17)12-13-5-3-8-18-11-13/h4,6,9,13,15,18H,1-3,5,7-8,10-12H2. The minimum absolute atomic E-state index is 0.555. The van der Waals surface area contributed by atoms with Gasteiger partial charge < -0.3 is 9.88 Å². The summed E-state index contributed by atoms with van der Waals surface area (Å²) in [5, 5.41) is 4.09. The van der Waals surface area contributed by atoms with Crippen LogP contribution in [0.2, 0.25) is 0 Å². The maximum absolute atomic E-state index is 4.96. The third-order valence-electron chi connectivity index (χ3n) is 4.84. The van der Waals surface area contributed by atoms with E-state index in [0.29, 0.717) is 11.2 Å². The minimum Gasteiger partial charge on any atom is -0.316 e. The van der Waals surface area contributed by atoms with Gasteiger partial charge in [0.15, 0.2) is 5.65 Å². The third-order valence-corrected chi connectivity index (χ3v) is 6.21. The Morgan fingerprint density at radius 1 is 1.27 bits per heavy atom. The van der Waals surface area contributed by atoms with Crippen LogP contribution in [0.5, 0.6) is 0 Å². The molecule has 4 heterocycles. The van der Waals surface area contributed by atoms with Crippen molar-refractivity contribution in [3.63, 3.8) is 0 Å². The molecule has 2 unspecified atom stereocenters. The van der Waals surface area contributed by atoms with Gasteiger partial charge in [0, 0.05) is 12.7 Å². The molecule has 2 fully saturated rings. The van der Waals surface area contributed by atoms with Gasteiger partial charge in [0.2, 0.25) is 0 Å². The zero-order valence-electron chi connectivity index (χ0n) is 13.0. The van der Waals surface area contributed by atoms with Crippen molar-refractivity contribution in [2.45, 2.75) is 43.9 Å². The van der Waals surface area contributed by atoms with Crippen molar-refractivity contribution in [1.82, 2.24) is 19.9 Å². The van der Waals surface area contributed by atoms with Gasteiger partial charge in [0.05, 0.1) is 5.25 Å². The highest BCUT2D eigenvalue weighted by Crippen LogP contribution is 2.39. The predicted octanol–water partition coefficient (Wildman–Crippen LogP) is 3.39. The van der Waals surface area contributed by atoms with Crippen molar-refractivity contribution in [3.05, 3.63) is 24.2 Å². The summed E-state index contributed by atoms with van der Waals surface area (Å²) < 4.78 is 2.43. The molecule has 0 bridgehead atoms. The number of fused-ring (bicyclic) bond motifs is 1. The normalized spacial score (nSPS) is 26.4. The van der Waals surface area contributed by atoms with Crippen LogP contribution in [0.15, 0.2) is 18.3 Å². The molecule has 4 rings (SSSR count). The van der Waals surface area contributed by atoms with Gasteiger partial charge in [0.25, 0.3) is 0 Å². The van der Waals surface area contributed by atoms with Gasteiger partial charge in [0.1, 0.15) is 11.3 Å². The molecule has 2 aromatic heterocycles. The van der Waals surface area contributed by atoms with E-state index in [1.807, 2.05) is 12.3 Å². The summed E-state index contributed by atoms with van der Waals surface area (Å²) in [6.07, 6.45) is 8.45. The van der Waals surface area contributed by atoms with Gasteiger partial charge in [-0.05, 0) is 62.6 Å². The van der Waals surface area contributed by atoms with Gasteiger partial charge in [-0.25, -0.2) is 9.97 Å². The van der Waals surface area contributed by atoms with E-state index < -0.39 is 0 Å². The Labute approximate surface area is 136 Å². The fraction of sp³-hybridized carbons (Fsp3) is 0.647. The number of imidazole rings is 1. The molecule has 0 radical (unpaired) electrons. The summed E-state index contributed by atoms with van der Waals surface area (Å²) in [5.41, 5.74) is 2.14. The van der Waals surface area contributed by atoms with Crippen molar-refractivity contribution in [2.24, 2.45) is 5.92 Å². The zero-order valence-corrected chi connectivity index (χ0v) is 13.8. The van der Waals surface area contributed by atoms with E-state index in [0.717, 1.165) is 24.3 Å². The van der Waals surface area contributed by atoms with Crippen LogP contribution >= 0.6 is 11.8 Å². The van der Waals surface area contributed by atoms with E-state index >= 15 is 0 Å². The van der Waals surface area contributed by atoms with Crippen LogP contribution in [0.1, 0.15) is 43.2 Å². The topological polar surface area (TPSA) is 42.7 Å². The molecular weight excluding hydrogens is 292 g/mol. The lowest BCUT2D eigenvalue weighted by molar-refractivity contribution is 0.335. The second-order valence-corrected chi connectivity index (χ2v) is 7.80. The Hall–Kier alpha value is -1.07. The first-order chi connectivity index (χ1) is 10.9. The predicted molar refractivity (Wildman–Crippen MR) is 92.2 cm³/mol. The lowest BCUT2D eigenvalue weighted by atomic mass is 9.99. The average molecular weight is 316 g/mol. The Balaban J connectivity index is 1.69. The van der Waals surface area contributed by atoms with Crippen LogP contribution in [-0.2, 0) is 6.54 Å². The van der Waals surface area contributed by atoms with E-state index in [2.05, 4.69) is 32.7 Å². The number of rotatable bonds is 3. The van der Waals surface area contributed by atoms with Crippen LogP contribution in [0, 0.1) is 5.92 Å². The van der Waals surface area contributed by atoms with Crippen LogP contribution in [0.25, 0.3) is 11.2 Å². The van der Waals surface area contributed by atoms with Gasteiger partial charge >= 0.3 is 0 Å². The highest BCUT2D eigenvalue weighted by Gasteiger charge is 2.25. The Morgan fingerprint density at radius 2 is 2.27 bits per heavy atom. The summed E-state index contributed by atoms with van der Waals surface area (Å²) in [6, 6.07) is 4.11. The molecule has 0 aliphatic carbocycles. The SMILES string of the molecule is c1cnc2c(c1)nc(C1CCCCS1)n2CC1CCCNC1. The molecule has 22 heavy (non-hydrogen) atoms. The maximum atomic E-state index is 4.96. The number of nitrogens with one attached hydrogen (secondary N) is 1. The molecule has 2 aromatic rings. The number of pyridine rings is 1. The van der Waals surface area contributed by atoms with Crippen molar-refractivity contribution in [3.8, 4) is 0 Å². The van der Waals surface area contributed by atoms with E-state index in [1.54, 1.807) is 0 Å². The van der Waals surface area contributed by atoms with Crippen molar-refractivity contribution < 1.29 is 0 Å². The average Bonchev–Trinajstić information content (AvgIpc) is 2.95. The van der Waals surface area contributed by atoms with Gasteiger partial charge in [-0.1, -0.05) is 6.42 Å². The van der Waals surface area contributed by atoms with Gasteiger partial charge in [-0.3, -0.25) is 0 Å². The first-order valence-corrected chi connectivity index (χ1v) is 9.60. The quantitative estimate of drug-likeness (QED) is 0.942. The second-order valence-electron chi connectivity index (χ2n) is 6.49. The largest absolute Gasteiger partial charge is 0.316 e. The van der Waals surface area contributed by atoms with Gasteiger partial charge in [-0.15, -0.1) is 0 Å². The van der Waals surface area contributed by atoms with Crippen molar-refractivity contribution in [2.75, 3.05) is 18.8 Å². The molecule has 0 amide bonds. The van der Waals surface area contributed by atoms with Crippen LogP contribution < -0.4 is 5.32 Å². The van der Waals surface area contributed by atoms with Crippen LogP contribution in [-0.4, -0.2) is 33.4 Å². The first-order valence-electron chi connectivity index (χ1n) is 8.55. The molecule has 0 spiro atoms. The lowest BCUT2D eigenvalue weighted by Crippen LogP contribution is -2.32. The molecule has 0 aromatic carbocycles. The summed E-state index contributed by atoms with van der Waals surface area (Å²) in [7, 11) is 0. The monoisotopic (exact) mass is 316 g/mol. The smallest absolute Gasteiger partial charge is 0.160 e. The van der Waals surface area contributed by atoms with Gasteiger partial charge in [-0.2, -0.15) is 11.8 Å². The maximum Gasteiger partial charge on any atom is 0.160 e. The molecule has 2 atom stereocenters. The van der Waals surface area contributed by atoms with E-state index in [4.69, 9.17) is 4.98 Å². The summed E-state index contributed by atoms with van der Waals surface area (Å²) in [5.74, 6) is 3.25. The third kappa shape index (κ3) is 2.88.